The molecule has 1 aliphatic heterocycles. The van der Waals surface area contributed by atoms with Crippen molar-refractivity contribution in [2.24, 2.45) is 0 Å². The van der Waals surface area contributed by atoms with Gasteiger partial charge >= 0.3 is 5.97 Å². The van der Waals surface area contributed by atoms with Crippen molar-refractivity contribution >= 4 is 17.3 Å². The molecule has 1 aliphatic rings. The zero-order valence-corrected chi connectivity index (χ0v) is 13.1. The van der Waals surface area contributed by atoms with E-state index in [4.69, 9.17) is 9.84 Å². The number of carboxylic acids is 1. The van der Waals surface area contributed by atoms with Gasteiger partial charge in [-0.3, -0.25) is 4.90 Å². The van der Waals surface area contributed by atoms with Crippen molar-refractivity contribution in [1.82, 2.24) is 4.90 Å². The second-order valence-corrected chi connectivity index (χ2v) is 6.47. The third kappa shape index (κ3) is 3.67. The predicted octanol–water partition coefficient (Wildman–Crippen LogP) is 3.59. The smallest absolute Gasteiger partial charge is 0.345 e. The number of rotatable bonds is 6. The van der Waals surface area contributed by atoms with Crippen molar-refractivity contribution in [3.8, 4) is 16.2 Å². The molecule has 0 spiro atoms. The number of nitrogens with zero attached hydrogens (tertiary/aromatic N) is 1. The number of benzene rings is 1. The lowest BCUT2D eigenvalue weighted by Gasteiger charge is -2.14. The molecule has 2 heterocycles. The van der Waals surface area contributed by atoms with E-state index in [-0.39, 0.29) is 0 Å². The average Bonchev–Trinajstić information content (AvgIpc) is 3.19. The zero-order valence-electron chi connectivity index (χ0n) is 12.3. The van der Waals surface area contributed by atoms with Crippen LogP contribution in [0.4, 0.5) is 0 Å². The summed E-state index contributed by atoms with van der Waals surface area (Å²) in [5.74, 6) is -0.0175. The lowest BCUT2D eigenvalue weighted by atomic mass is 10.2. The summed E-state index contributed by atoms with van der Waals surface area (Å²) in [5.41, 5.74) is 1.02. The number of hydrogen-bond acceptors (Lipinski definition) is 4. The Morgan fingerprint density at radius 3 is 2.50 bits per heavy atom. The fraction of sp³-hybridized carbons (Fsp3) is 0.353. The van der Waals surface area contributed by atoms with Crippen molar-refractivity contribution < 1.29 is 14.6 Å². The van der Waals surface area contributed by atoms with E-state index < -0.39 is 5.97 Å². The minimum absolute atomic E-state index is 0.362. The summed E-state index contributed by atoms with van der Waals surface area (Å²) in [6.07, 6.45) is 2.60. The summed E-state index contributed by atoms with van der Waals surface area (Å²) in [4.78, 5) is 14.7. The Bertz CT molecular complexity index is 630. The molecule has 2 aromatic rings. The maximum atomic E-state index is 10.9. The second kappa shape index (κ2) is 6.94. The highest BCUT2D eigenvalue weighted by Gasteiger charge is 2.11. The van der Waals surface area contributed by atoms with Crippen LogP contribution in [0.25, 0.3) is 10.4 Å². The Kier molecular flexibility index (Phi) is 4.75. The number of hydrogen-bond donors (Lipinski definition) is 1. The lowest BCUT2D eigenvalue weighted by Crippen LogP contribution is -2.25. The summed E-state index contributed by atoms with van der Waals surface area (Å²) in [6, 6.07) is 11.3. The van der Waals surface area contributed by atoms with Crippen LogP contribution in [0.3, 0.4) is 0 Å². The molecular formula is C17H19NO3S. The Morgan fingerprint density at radius 1 is 1.14 bits per heavy atom. The van der Waals surface area contributed by atoms with Gasteiger partial charge in [0.15, 0.2) is 0 Å². The molecule has 0 bridgehead atoms. The van der Waals surface area contributed by atoms with Crippen LogP contribution in [-0.2, 0) is 0 Å². The summed E-state index contributed by atoms with van der Waals surface area (Å²) in [6.45, 7) is 4.06. The van der Waals surface area contributed by atoms with Crippen molar-refractivity contribution in [2.75, 3.05) is 26.2 Å². The zero-order chi connectivity index (χ0) is 15.4. The standard InChI is InChI=1S/C17H19NO3S/c19-17(20)16-8-7-15(22-16)13-3-5-14(6-4-13)21-12-11-18-9-1-2-10-18/h3-8H,1-2,9-12H2,(H,19,20). The summed E-state index contributed by atoms with van der Waals surface area (Å²) in [5, 5.41) is 8.96. The van der Waals surface area contributed by atoms with Crippen molar-refractivity contribution in [3.05, 3.63) is 41.3 Å². The van der Waals surface area contributed by atoms with Crippen molar-refractivity contribution in [3.63, 3.8) is 0 Å². The van der Waals surface area contributed by atoms with E-state index in [1.54, 1.807) is 6.07 Å². The fourth-order valence-electron chi connectivity index (χ4n) is 2.62. The van der Waals surface area contributed by atoms with Gasteiger partial charge in [0.05, 0.1) is 0 Å². The fourth-order valence-corrected chi connectivity index (χ4v) is 3.47. The van der Waals surface area contributed by atoms with Crippen molar-refractivity contribution in [1.29, 1.82) is 0 Å². The highest BCUT2D eigenvalue weighted by atomic mass is 32.1. The minimum atomic E-state index is -0.877. The molecule has 4 nitrogen and oxygen atoms in total. The van der Waals surface area contributed by atoms with E-state index in [1.807, 2.05) is 30.3 Å². The van der Waals surface area contributed by atoms with Gasteiger partial charge in [0, 0.05) is 11.4 Å². The van der Waals surface area contributed by atoms with E-state index in [0.29, 0.717) is 11.5 Å². The molecule has 1 fully saturated rings. The maximum Gasteiger partial charge on any atom is 0.345 e. The molecule has 116 valence electrons. The highest BCUT2D eigenvalue weighted by Crippen LogP contribution is 2.29. The number of thiophene rings is 1. The first-order valence-corrected chi connectivity index (χ1v) is 8.33. The molecule has 5 heteroatoms. The first kappa shape index (κ1) is 15.1. The van der Waals surface area contributed by atoms with Crippen LogP contribution in [-0.4, -0.2) is 42.2 Å². The number of aromatic carboxylic acids is 1. The average molecular weight is 317 g/mol. The first-order chi connectivity index (χ1) is 10.7. The number of ether oxygens (including phenoxy) is 1. The van der Waals surface area contributed by atoms with Gasteiger partial charge in [-0.05, 0) is 67.9 Å². The third-order valence-corrected chi connectivity index (χ3v) is 4.95. The van der Waals surface area contributed by atoms with Gasteiger partial charge in [0.1, 0.15) is 17.2 Å². The van der Waals surface area contributed by atoms with Crippen LogP contribution >= 0.6 is 11.3 Å². The topological polar surface area (TPSA) is 49.8 Å². The van der Waals surface area contributed by atoms with E-state index >= 15 is 0 Å². The molecule has 0 unspecified atom stereocenters. The molecule has 1 N–H and O–H groups in total. The van der Waals surface area contributed by atoms with Crippen LogP contribution in [0.2, 0.25) is 0 Å². The van der Waals surface area contributed by atoms with E-state index in [2.05, 4.69) is 4.90 Å². The van der Waals surface area contributed by atoms with Gasteiger partial charge in [0.25, 0.3) is 0 Å². The van der Waals surface area contributed by atoms with E-state index in [0.717, 1.165) is 22.7 Å². The Morgan fingerprint density at radius 2 is 1.86 bits per heavy atom. The molecule has 0 aliphatic carbocycles. The predicted molar refractivity (Wildman–Crippen MR) is 87.9 cm³/mol. The van der Waals surface area contributed by atoms with Crippen molar-refractivity contribution in [2.45, 2.75) is 12.8 Å². The largest absolute Gasteiger partial charge is 0.492 e. The molecule has 0 saturated carbocycles. The third-order valence-electron chi connectivity index (χ3n) is 3.83. The van der Waals surface area contributed by atoms with Gasteiger partial charge in [-0.1, -0.05) is 0 Å². The van der Waals surface area contributed by atoms with Crippen LogP contribution < -0.4 is 4.74 Å². The van der Waals surface area contributed by atoms with Gasteiger partial charge in [-0.2, -0.15) is 0 Å². The minimum Gasteiger partial charge on any atom is -0.492 e. The number of carbonyl (C=O) groups is 1. The summed E-state index contributed by atoms with van der Waals surface area (Å²) < 4.78 is 5.77. The van der Waals surface area contributed by atoms with Crippen LogP contribution in [0.5, 0.6) is 5.75 Å². The summed E-state index contributed by atoms with van der Waals surface area (Å²) in [7, 11) is 0. The normalized spacial score (nSPS) is 15.1. The molecule has 1 aromatic carbocycles. The monoisotopic (exact) mass is 317 g/mol. The molecule has 0 amide bonds. The Balaban J connectivity index is 1.56. The Labute approximate surface area is 134 Å². The molecule has 1 aromatic heterocycles. The van der Waals surface area contributed by atoms with Gasteiger partial charge in [0.2, 0.25) is 0 Å². The van der Waals surface area contributed by atoms with Crippen LogP contribution in [0, 0.1) is 0 Å². The van der Waals surface area contributed by atoms with E-state index in [1.165, 1.54) is 37.3 Å². The molecule has 1 saturated heterocycles. The second-order valence-electron chi connectivity index (χ2n) is 5.39. The summed E-state index contributed by atoms with van der Waals surface area (Å²) >= 11 is 1.29. The van der Waals surface area contributed by atoms with Gasteiger partial charge in [-0.25, -0.2) is 4.79 Å². The molecule has 0 atom stereocenters. The van der Waals surface area contributed by atoms with Crippen LogP contribution in [0.15, 0.2) is 36.4 Å². The maximum absolute atomic E-state index is 10.9. The van der Waals surface area contributed by atoms with Crippen LogP contribution in [0.1, 0.15) is 22.5 Å². The highest BCUT2D eigenvalue weighted by molar-refractivity contribution is 7.17. The number of carboxylic acid groups (broad SMARTS) is 1. The SMILES string of the molecule is O=C(O)c1ccc(-c2ccc(OCCN3CCCC3)cc2)s1. The van der Waals surface area contributed by atoms with Gasteiger partial charge < -0.3 is 9.84 Å². The molecule has 3 rings (SSSR count). The first-order valence-electron chi connectivity index (χ1n) is 7.51. The molecule has 22 heavy (non-hydrogen) atoms. The quantitative estimate of drug-likeness (QED) is 0.884. The Hall–Kier alpha value is -1.85. The lowest BCUT2D eigenvalue weighted by molar-refractivity contribution is 0.0702. The van der Waals surface area contributed by atoms with E-state index in [9.17, 15) is 4.79 Å². The molecular weight excluding hydrogens is 298 g/mol. The molecule has 0 radical (unpaired) electrons. The number of likely N-dealkylation sites (tertiary alicyclic amines) is 1. The van der Waals surface area contributed by atoms with Gasteiger partial charge in [-0.15, -0.1) is 11.3 Å².